The van der Waals surface area contributed by atoms with Crippen LogP contribution in [0.25, 0.3) is 0 Å². The Labute approximate surface area is 121 Å². The highest BCUT2D eigenvalue weighted by molar-refractivity contribution is 6.40. The molecule has 0 spiro atoms. The zero-order valence-corrected chi connectivity index (χ0v) is 13.1. The molecule has 0 unspecified atom stereocenters. The summed E-state index contributed by atoms with van der Waals surface area (Å²) in [4.78, 5) is 23.8. The molecular formula is C16H24N2O2. The summed E-state index contributed by atoms with van der Waals surface area (Å²) >= 11 is 0. The Morgan fingerprint density at radius 2 is 1.70 bits per heavy atom. The third-order valence-electron chi connectivity index (χ3n) is 2.86. The maximum atomic E-state index is 12.0. The summed E-state index contributed by atoms with van der Waals surface area (Å²) in [6.45, 7) is 11.5. The summed E-state index contributed by atoms with van der Waals surface area (Å²) in [5, 5.41) is 5.39. The van der Waals surface area contributed by atoms with Gasteiger partial charge in [-0.25, -0.2) is 0 Å². The zero-order valence-electron chi connectivity index (χ0n) is 13.1. The topological polar surface area (TPSA) is 58.2 Å². The summed E-state index contributed by atoms with van der Waals surface area (Å²) in [6, 6.07) is 5.84. The standard InChI is InChI=1S/C16H24N2O2/c1-10(2)12-9-7-8-11(3)13(12)17-14(19)15(20)18-16(4,5)6/h7-10H,1-6H3,(H,17,19)(H,18,20). The van der Waals surface area contributed by atoms with Gasteiger partial charge in [0.2, 0.25) is 0 Å². The van der Waals surface area contributed by atoms with Crippen LogP contribution in [0.3, 0.4) is 0 Å². The SMILES string of the molecule is Cc1cccc(C(C)C)c1NC(=O)C(=O)NC(C)(C)C. The average Bonchev–Trinajstić information content (AvgIpc) is 2.28. The van der Waals surface area contributed by atoms with Crippen LogP contribution >= 0.6 is 0 Å². The monoisotopic (exact) mass is 276 g/mol. The number of benzene rings is 1. The van der Waals surface area contributed by atoms with E-state index in [1.54, 1.807) is 0 Å². The summed E-state index contributed by atoms with van der Waals surface area (Å²) in [6.07, 6.45) is 0. The number of amides is 2. The smallest absolute Gasteiger partial charge is 0.313 e. The molecule has 0 aliphatic rings. The molecule has 4 heteroatoms. The van der Waals surface area contributed by atoms with Crippen molar-refractivity contribution < 1.29 is 9.59 Å². The number of aryl methyl sites for hydroxylation is 1. The first-order chi connectivity index (χ1) is 9.11. The van der Waals surface area contributed by atoms with E-state index in [1.165, 1.54) is 0 Å². The lowest BCUT2D eigenvalue weighted by Crippen LogP contribution is -2.46. The highest BCUT2D eigenvalue weighted by Gasteiger charge is 2.21. The van der Waals surface area contributed by atoms with Gasteiger partial charge in [0.1, 0.15) is 0 Å². The van der Waals surface area contributed by atoms with Gasteiger partial charge in [-0.3, -0.25) is 9.59 Å². The van der Waals surface area contributed by atoms with E-state index in [0.29, 0.717) is 0 Å². The molecule has 0 bridgehead atoms. The fourth-order valence-electron chi connectivity index (χ4n) is 1.91. The lowest BCUT2D eigenvalue weighted by molar-refractivity contribution is -0.137. The van der Waals surface area contributed by atoms with Crippen LogP contribution in [-0.4, -0.2) is 17.4 Å². The van der Waals surface area contributed by atoms with E-state index in [1.807, 2.05) is 45.9 Å². The third-order valence-corrected chi connectivity index (χ3v) is 2.86. The van der Waals surface area contributed by atoms with Gasteiger partial charge in [0.25, 0.3) is 0 Å². The largest absolute Gasteiger partial charge is 0.343 e. The van der Waals surface area contributed by atoms with E-state index in [4.69, 9.17) is 0 Å². The number of para-hydroxylation sites is 1. The molecule has 20 heavy (non-hydrogen) atoms. The zero-order chi connectivity index (χ0) is 15.5. The maximum absolute atomic E-state index is 12.0. The van der Waals surface area contributed by atoms with Gasteiger partial charge >= 0.3 is 11.8 Å². The molecule has 0 fully saturated rings. The van der Waals surface area contributed by atoms with Crippen LogP contribution in [0.1, 0.15) is 51.7 Å². The Hall–Kier alpha value is -1.84. The van der Waals surface area contributed by atoms with Gasteiger partial charge in [0.05, 0.1) is 0 Å². The number of carbonyl (C=O) groups excluding carboxylic acids is 2. The van der Waals surface area contributed by atoms with Crippen molar-refractivity contribution >= 4 is 17.5 Å². The van der Waals surface area contributed by atoms with Crippen LogP contribution in [0.4, 0.5) is 5.69 Å². The number of hydrogen-bond acceptors (Lipinski definition) is 2. The van der Waals surface area contributed by atoms with E-state index >= 15 is 0 Å². The fourth-order valence-corrected chi connectivity index (χ4v) is 1.91. The van der Waals surface area contributed by atoms with Crippen molar-refractivity contribution in [1.29, 1.82) is 0 Å². The normalized spacial score (nSPS) is 11.3. The van der Waals surface area contributed by atoms with Gasteiger partial charge in [-0.15, -0.1) is 0 Å². The van der Waals surface area contributed by atoms with Crippen molar-refractivity contribution in [3.05, 3.63) is 29.3 Å². The van der Waals surface area contributed by atoms with E-state index < -0.39 is 17.4 Å². The molecule has 1 aromatic rings. The van der Waals surface area contributed by atoms with Crippen LogP contribution in [0.5, 0.6) is 0 Å². The number of rotatable bonds is 2. The second-order valence-corrected chi connectivity index (χ2v) is 6.35. The minimum Gasteiger partial charge on any atom is -0.343 e. The molecular weight excluding hydrogens is 252 g/mol. The van der Waals surface area contributed by atoms with Crippen molar-refractivity contribution in [3.63, 3.8) is 0 Å². The van der Waals surface area contributed by atoms with Crippen molar-refractivity contribution in [2.24, 2.45) is 0 Å². The highest BCUT2D eigenvalue weighted by atomic mass is 16.2. The molecule has 1 rings (SSSR count). The second kappa shape index (κ2) is 6.07. The third kappa shape index (κ3) is 4.37. The van der Waals surface area contributed by atoms with E-state index in [-0.39, 0.29) is 5.92 Å². The van der Waals surface area contributed by atoms with Gasteiger partial charge in [0, 0.05) is 11.2 Å². The van der Waals surface area contributed by atoms with Gasteiger partial charge in [-0.1, -0.05) is 32.0 Å². The molecule has 0 aliphatic carbocycles. The summed E-state index contributed by atoms with van der Waals surface area (Å²) < 4.78 is 0. The molecule has 0 atom stereocenters. The van der Waals surface area contributed by atoms with Gasteiger partial charge in [-0.05, 0) is 44.7 Å². The van der Waals surface area contributed by atoms with Gasteiger partial charge in [0.15, 0.2) is 0 Å². The summed E-state index contributed by atoms with van der Waals surface area (Å²) in [7, 11) is 0. The van der Waals surface area contributed by atoms with E-state index in [0.717, 1.165) is 16.8 Å². The molecule has 0 saturated carbocycles. The van der Waals surface area contributed by atoms with Crippen molar-refractivity contribution in [2.75, 3.05) is 5.32 Å². The molecule has 0 heterocycles. The van der Waals surface area contributed by atoms with Crippen LogP contribution in [0.2, 0.25) is 0 Å². The molecule has 0 aromatic heterocycles. The van der Waals surface area contributed by atoms with Crippen molar-refractivity contribution in [1.82, 2.24) is 5.32 Å². The first-order valence-electron chi connectivity index (χ1n) is 6.85. The molecule has 1 aromatic carbocycles. The summed E-state index contributed by atoms with van der Waals surface area (Å²) in [5.41, 5.74) is 2.28. The van der Waals surface area contributed by atoms with Crippen molar-refractivity contribution in [3.8, 4) is 0 Å². The van der Waals surface area contributed by atoms with Crippen LogP contribution < -0.4 is 10.6 Å². The van der Waals surface area contributed by atoms with E-state index in [9.17, 15) is 9.59 Å². The molecule has 0 saturated heterocycles. The molecule has 2 N–H and O–H groups in total. The minimum absolute atomic E-state index is 0.274. The first-order valence-corrected chi connectivity index (χ1v) is 6.85. The molecule has 0 radical (unpaired) electrons. The lowest BCUT2D eigenvalue weighted by atomic mass is 9.98. The average molecular weight is 276 g/mol. The Morgan fingerprint density at radius 3 is 2.20 bits per heavy atom. The second-order valence-electron chi connectivity index (χ2n) is 6.35. The first kappa shape index (κ1) is 16.2. The minimum atomic E-state index is -0.629. The Kier molecular flexibility index (Phi) is 4.93. The molecule has 2 amide bonds. The number of carbonyl (C=O) groups is 2. The van der Waals surface area contributed by atoms with Gasteiger partial charge < -0.3 is 10.6 Å². The van der Waals surface area contributed by atoms with E-state index in [2.05, 4.69) is 24.5 Å². The molecule has 0 aliphatic heterocycles. The summed E-state index contributed by atoms with van der Waals surface area (Å²) in [5.74, 6) is -0.970. The van der Waals surface area contributed by atoms with Crippen LogP contribution in [0, 0.1) is 6.92 Å². The Bertz CT molecular complexity index is 514. The Morgan fingerprint density at radius 1 is 1.10 bits per heavy atom. The van der Waals surface area contributed by atoms with Crippen LogP contribution in [0.15, 0.2) is 18.2 Å². The van der Waals surface area contributed by atoms with Crippen molar-refractivity contribution in [2.45, 2.75) is 53.0 Å². The number of nitrogens with one attached hydrogen (secondary N) is 2. The fraction of sp³-hybridized carbons (Fsp3) is 0.500. The molecule has 110 valence electrons. The quantitative estimate of drug-likeness (QED) is 0.816. The highest BCUT2D eigenvalue weighted by Crippen LogP contribution is 2.27. The predicted molar refractivity (Wildman–Crippen MR) is 81.8 cm³/mol. The maximum Gasteiger partial charge on any atom is 0.313 e. The van der Waals surface area contributed by atoms with Crippen LogP contribution in [-0.2, 0) is 9.59 Å². The lowest BCUT2D eigenvalue weighted by Gasteiger charge is -2.21. The Balaban J connectivity index is 2.94. The number of anilines is 1. The molecule has 4 nitrogen and oxygen atoms in total. The number of hydrogen-bond donors (Lipinski definition) is 2. The van der Waals surface area contributed by atoms with Gasteiger partial charge in [-0.2, -0.15) is 0 Å². The predicted octanol–water partition coefficient (Wildman–Crippen LogP) is 2.97.